The number of halogens is 1. The number of imide groups is 1. The molecule has 2 bridgehead atoms. The summed E-state index contributed by atoms with van der Waals surface area (Å²) in [5.74, 6) is -1.09. The van der Waals surface area contributed by atoms with Gasteiger partial charge in [-0.1, -0.05) is 6.07 Å². The van der Waals surface area contributed by atoms with E-state index in [1.165, 1.54) is 12.1 Å². The average molecular weight is 262 g/mol. The number of carbonyl (C=O) groups excluding carboxylic acids is 2. The Morgan fingerprint density at radius 1 is 1.21 bits per heavy atom. The maximum absolute atomic E-state index is 13.7. The van der Waals surface area contributed by atoms with E-state index in [2.05, 4.69) is 0 Å². The van der Waals surface area contributed by atoms with Crippen LogP contribution in [0.15, 0.2) is 18.2 Å². The summed E-state index contributed by atoms with van der Waals surface area (Å²) in [6.45, 7) is -0.0333. The molecule has 5 heteroatoms. The standard InChI is InChI=1S/C14H15FN2O2/c15-11-2-1-3-12(10(11)7-16)17-13(18)8-4-5-9(6-8)14(17)19/h1-3,8-9H,4-7,16H2. The van der Waals surface area contributed by atoms with Crippen LogP contribution in [0.5, 0.6) is 0 Å². The zero-order chi connectivity index (χ0) is 13.6. The average Bonchev–Trinajstić information content (AvgIpc) is 2.84. The minimum atomic E-state index is -0.474. The Kier molecular flexibility index (Phi) is 2.86. The second-order valence-corrected chi connectivity index (χ2v) is 5.16. The SMILES string of the molecule is NCc1c(F)cccc1N1C(=O)C2CCC(C2)C1=O. The van der Waals surface area contributed by atoms with Crippen LogP contribution in [0, 0.1) is 17.7 Å². The van der Waals surface area contributed by atoms with Crippen molar-refractivity contribution in [2.45, 2.75) is 25.8 Å². The number of amides is 2. The Morgan fingerprint density at radius 3 is 2.42 bits per heavy atom. The molecule has 1 aromatic rings. The number of hydrogen-bond acceptors (Lipinski definition) is 3. The molecule has 2 amide bonds. The molecule has 100 valence electrons. The van der Waals surface area contributed by atoms with Crippen LogP contribution >= 0.6 is 0 Å². The van der Waals surface area contributed by atoms with Crippen molar-refractivity contribution < 1.29 is 14.0 Å². The number of piperidine rings is 1. The van der Waals surface area contributed by atoms with E-state index in [9.17, 15) is 14.0 Å². The third kappa shape index (κ3) is 1.76. The third-order valence-corrected chi connectivity index (χ3v) is 4.11. The first kappa shape index (κ1) is 12.3. The Morgan fingerprint density at radius 2 is 1.84 bits per heavy atom. The number of nitrogens with zero attached hydrogens (tertiary/aromatic N) is 1. The van der Waals surface area contributed by atoms with Gasteiger partial charge >= 0.3 is 0 Å². The molecule has 19 heavy (non-hydrogen) atoms. The van der Waals surface area contributed by atoms with Gasteiger partial charge in [0, 0.05) is 23.9 Å². The number of rotatable bonds is 2. The van der Waals surface area contributed by atoms with Gasteiger partial charge in [0.05, 0.1) is 5.69 Å². The number of hydrogen-bond donors (Lipinski definition) is 1. The molecule has 0 aromatic heterocycles. The number of nitrogens with two attached hydrogens (primary N) is 1. The van der Waals surface area contributed by atoms with Crippen molar-refractivity contribution in [1.82, 2.24) is 0 Å². The van der Waals surface area contributed by atoms with Crippen molar-refractivity contribution in [2.75, 3.05) is 4.90 Å². The molecule has 2 atom stereocenters. The van der Waals surface area contributed by atoms with Crippen LogP contribution < -0.4 is 10.6 Å². The van der Waals surface area contributed by atoms with Crippen LogP contribution in [0.2, 0.25) is 0 Å². The zero-order valence-corrected chi connectivity index (χ0v) is 10.4. The van der Waals surface area contributed by atoms with E-state index in [-0.39, 0.29) is 35.8 Å². The first-order chi connectivity index (χ1) is 9.13. The van der Waals surface area contributed by atoms with E-state index in [0.717, 1.165) is 17.7 Å². The first-order valence-electron chi connectivity index (χ1n) is 6.48. The molecule has 1 aliphatic heterocycles. The van der Waals surface area contributed by atoms with Gasteiger partial charge in [0.1, 0.15) is 5.82 Å². The van der Waals surface area contributed by atoms with Crippen molar-refractivity contribution in [3.05, 3.63) is 29.6 Å². The molecule has 2 unspecified atom stereocenters. The summed E-state index contributed by atoms with van der Waals surface area (Å²) >= 11 is 0. The highest BCUT2D eigenvalue weighted by Gasteiger charge is 2.46. The summed E-state index contributed by atoms with van der Waals surface area (Å²) < 4.78 is 13.7. The second-order valence-electron chi connectivity index (χ2n) is 5.16. The third-order valence-electron chi connectivity index (χ3n) is 4.11. The van der Waals surface area contributed by atoms with Crippen molar-refractivity contribution in [3.63, 3.8) is 0 Å². The van der Waals surface area contributed by atoms with Crippen LogP contribution in [0.3, 0.4) is 0 Å². The zero-order valence-electron chi connectivity index (χ0n) is 10.4. The fraction of sp³-hybridized carbons (Fsp3) is 0.429. The lowest BCUT2D eigenvalue weighted by Gasteiger charge is -2.31. The summed E-state index contributed by atoms with van der Waals surface area (Å²) in [6, 6.07) is 4.38. The van der Waals surface area contributed by atoms with Crippen LogP contribution in [0.25, 0.3) is 0 Å². The Balaban J connectivity index is 2.08. The van der Waals surface area contributed by atoms with E-state index in [1.807, 2.05) is 0 Å². The van der Waals surface area contributed by atoms with Crippen molar-refractivity contribution >= 4 is 17.5 Å². The van der Waals surface area contributed by atoms with Gasteiger partial charge in [0.15, 0.2) is 0 Å². The molecular weight excluding hydrogens is 247 g/mol. The maximum atomic E-state index is 13.7. The number of anilines is 1. The molecular formula is C14H15FN2O2. The minimum absolute atomic E-state index is 0.0333. The number of benzene rings is 1. The Bertz CT molecular complexity index is 536. The summed E-state index contributed by atoms with van der Waals surface area (Å²) in [7, 11) is 0. The molecule has 2 N–H and O–H groups in total. The fourth-order valence-electron chi connectivity index (χ4n) is 3.10. The highest BCUT2D eigenvalue weighted by Crippen LogP contribution is 2.40. The molecule has 4 nitrogen and oxygen atoms in total. The highest BCUT2D eigenvalue weighted by atomic mass is 19.1. The molecule has 3 rings (SSSR count). The minimum Gasteiger partial charge on any atom is -0.326 e. The van der Waals surface area contributed by atoms with E-state index >= 15 is 0 Å². The van der Waals surface area contributed by atoms with Gasteiger partial charge in [-0.15, -0.1) is 0 Å². The van der Waals surface area contributed by atoms with E-state index < -0.39 is 5.82 Å². The topological polar surface area (TPSA) is 63.4 Å². The van der Waals surface area contributed by atoms with Gasteiger partial charge < -0.3 is 5.73 Å². The molecule has 1 aliphatic carbocycles. The quantitative estimate of drug-likeness (QED) is 0.823. The molecule has 2 aliphatic rings. The van der Waals surface area contributed by atoms with Crippen molar-refractivity contribution in [2.24, 2.45) is 17.6 Å². The van der Waals surface area contributed by atoms with Gasteiger partial charge in [-0.05, 0) is 31.4 Å². The smallest absolute Gasteiger partial charge is 0.236 e. The second kappa shape index (κ2) is 4.42. The van der Waals surface area contributed by atoms with Gasteiger partial charge in [-0.25, -0.2) is 9.29 Å². The molecule has 1 aromatic carbocycles. The van der Waals surface area contributed by atoms with Gasteiger partial charge in [0.2, 0.25) is 11.8 Å². The lowest BCUT2D eigenvalue weighted by molar-refractivity contribution is -0.133. The first-order valence-corrected chi connectivity index (χ1v) is 6.48. The van der Waals surface area contributed by atoms with Crippen molar-refractivity contribution in [3.8, 4) is 0 Å². The Hall–Kier alpha value is -1.75. The normalized spacial score (nSPS) is 26.1. The largest absolute Gasteiger partial charge is 0.326 e. The van der Waals surface area contributed by atoms with Crippen LogP contribution in [-0.2, 0) is 16.1 Å². The monoisotopic (exact) mass is 262 g/mol. The Labute approximate surface area is 110 Å². The van der Waals surface area contributed by atoms with Gasteiger partial charge in [0.25, 0.3) is 0 Å². The predicted octanol–water partition coefficient (Wildman–Crippen LogP) is 1.57. The van der Waals surface area contributed by atoms with E-state index in [4.69, 9.17) is 5.73 Å². The van der Waals surface area contributed by atoms with Gasteiger partial charge in [-0.3, -0.25) is 9.59 Å². The summed E-state index contributed by atoms with van der Waals surface area (Å²) in [6.07, 6.45) is 2.14. The lowest BCUT2D eigenvalue weighted by Crippen LogP contribution is -2.47. The molecule has 0 spiro atoms. The molecule has 1 saturated carbocycles. The fourth-order valence-corrected chi connectivity index (χ4v) is 3.10. The maximum Gasteiger partial charge on any atom is 0.236 e. The van der Waals surface area contributed by atoms with E-state index in [1.54, 1.807) is 6.07 Å². The van der Waals surface area contributed by atoms with Crippen molar-refractivity contribution in [1.29, 1.82) is 0 Å². The highest BCUT2D eigenvalue weighted by molar-refractivity contribution is 6.19. The summed E-state index contributed by atoms with van der Waals surface area (Å²) in [5, 5.41) is 0. The van der Waals surface area contributed by atoms with Crippen LogP contribution in [-0.4, -0.2) is 11.8 Å². The summed E-state index contributed by atoms with van der Waals surface area (Å²) in [5.41, 5.74) is 6.09. The number of carbonyl (C=O) groups is 2. The van der Waals surface area contributed by atoms with Gasteiger partial charge in [-0.2, -0.15) is 0 Å². The predicted molar refractivity (Wildman–Crippen MR) is 67.6 cm³/mol. The molecule has 0 radical (unpaired) electrons. The molecule has 1 heterocycles. The molecule has 2 fully saturated rings. The number of fused-ring (bicyclic) bond motifs is 2. The van der Waals surface area contributed by atoms with Crippen LogP contribution in [0.1, 0.15) is 24.8 Å². The lowest BCUT2D eigenvalue weighted by atomic mass is 9.95. The summed E-state index contributed by atoms with van der Waals surface area (Å²) in [4.78, 5) is 25.8. The molecule has 1 saturated heterocycles. The van der Waals surface area contributed by atoms with E-state index in [0.29, 0.717) is 12.1 Å². The van der Waals surface area contributed by atoms with Crippen LogP contribution in [0.4, 0.5) is 10.1 Å².